The van der Waals surface area contributed by atoms with Crippen LogP contribution in [0.1, 0.15) is 10.6 Å². The summed E-state index contributed by atoms with van der Waals surface area (Å²) in [4.78, 5) is 17.1. The predicted molar refractivity (Wildman–Crippen MR) is 121 cm³/mol. The van der Waals surface area contributed by atoms with Gasteiger partial charge in [0.25, 0.3) is 0 Å². The van der Waals surface area contributed by atoms with Gasteiger partial charge in [-0.25, -0.2) is 14.2 Å². The number of rotatable bonds is 3. The summed E-state index contributed by atoms with van der Waals surface area (Å²) in [6, 6.07) is 21.6. The van der Waals surface area contributed by atoms with Crippen molar-refractivity contribution in [1.29, 1.82) is 5.26 Å². The Morgan fingerprint density at radius 1 is 1.06 bits per heavy atom. The van der Waals surface area contributed by atoms with Gasteiger partial charge in [-0.1, -0.05) is 48.5 Å². The molecule has 0 fully saturated rings. The van der Waals surface area contributed by atoms with Gasteiger partial charge in [-0.3, -0.25) is 0 Å². The molecule has 0 N–H and O–H groups in total. The first kappa shape index (κ1) is 18.9. The first-order valence-electron chi connectivity index (χ1n) is 9.42. The van der Waals surface area contributed by atoms with Gasteiger partial charge in [-0.15, -0.1) is 11.3 Å². The highest BCUT2D eigenvalue weighted by atomic mass is 32.1. The van der Waals surface area contributed by atoms with Gasteiger partial charge in [0.1, 0.15) is 22.5 Å². The summed E-state index contributed by atoms with van der Waals surface area (Å²) in [7, 11) is 0. The van der Waals surface area contributed by atoms with Gasteiger partial charge in [-0.2, -0.15) is 5.26 Å². The van der Waals surface area contributed by atoms with E-state index in [1.54, 1.807) is 35.7 Å². The summed E-state index contributed by atoms with van der Waals surface area (Å²) in [6.07, 6.45) is 1.45. The Kier molecular flexibility index (Phi) is 4.66. The predicted octanol–water partition coefficient (Wildman–Crippen LogP) is 6.27. The first-order chi connectivity index (χ1) is 15.1. The molecule has 0 bridgehead atoms. The van der Waals surface area contributed by atoms with E-state index in [0.29, 0.717) is 27.4 Å². The van der Waals surface area contributed by atoms with Crippen molar-refractivity contribution in [2.24, 2.45) is 0 Å². The average Bonchev–Trinajstić information content (AvgIpc) is 3.27. The minimum Gasteiger partial charge on any atom is -0.422 e. The third-order valence-corrected chi connectivity index (χ3v) is 5.85. The fourth-order valence-electron chi connectivity index (χ4n) is 3.46. The van der Waals surface area contributed by atoms with Gasteiger partial charge in [0, 0.05) is 16.3 Å². The number of benzene rings is 3. The molecule has 31 heavy (non-hydrogen) atoms. The minimum atomic E-state index is -0.503. The van der Waals surface area contributed by atoms with Gasteiger partial charge in [-0.05, 0) is 35.0 Å². The van der Waals surface area contributed by atoms with E-state index in [9.17, 15) is 14.4 Å². The molecule has 2 aromatic heterocycles. The molecule has 0 spiro atoms. The van der Waals surface area contributed by atoms with E-state index in [1.807, 2.05) is 30.3 Å². The second kappa shape index (κ2) is 7.63. The van der Waals surface area contributed by atoms with E-state index in [1.165, 1.54) is 23.5 Å². The van der Waals surface area contributed by atoms with Crippen LogP contribution < -0.4 is 5.63 Å². The lowest BCUT2D eigenvalue weighted by Crippen LogP contribution is -2.03. The van der Waals surface area contributed by atoms with Crippen molar-refractivity contribution < 1.29 is 8.81 Å². The van der Waals surface area contributed by atoms with Crippen LogP contribution in [0.3, 0.4) is 0 Å². The van der Waals surface area contributed by atoms with Crippen LogP contribution in [0, 0.1) is 17.1 Å². The number of hydrogen-bond acceptors (Lipinski definition) is 5. The molecule has 5 aromatic rings. The molecular formula is C25H13FN2O2S. The Morgan fingerprint density at radius 2 is 1.87 bits per heavy atom. The van der Waals surface area contributed by atoms with E-state index >= 15 is 0 Å². The highest BCUT2D eigenvalue weighted by Gasteiger charge is 2.15. The van der Waals surface area contributed by atoms with Crippen LogP contribution in [-0.2, 0) is 0 Å². The lowest BCUT2D eigenvalue weighted by Gasteiger charge is -2.04. The molecular weight excluding hydrogens is 411 g/mol. The Bertz CT molecular complexity index is 1590. The van der Waals surface area contributed by atoms with Crippen molar-refractivity contribution in [3.05, 3.63) is 98.9 Å². The summed E-state index contributed by atoms with van der Waals surface area (Å²) in [5.41, 5.74) is 1.24. The summed E-state index contributed by atoms with van der Waals surface area (Å²) in [6.45, 7) is 0. The normalized spacial score (nSPS) is 11.7. The molecule has 4 nitrogen and oxygen atoms in total. The molecule has 0 unspecified atom stereocenters. The van der Waals surface area contributed by atoms with E-state index in [4.69, 9.17) is 4.42 Å². The summed E-state index contributed by atoms with van der Waals surface area (Å²) < 4.78 is 19.5. The number of nitrogens with zero attached hydrogens (tertiary/aromatic N) is 2. The zero-order chi connectivity index (χ0) is 21.4. The van der Waals surface area contributed by atoms with E-state index in [2.05, 4.69) is 11.1 Å². The van der Waals surface area contributed by atoms with E-state index in [0.717, 1.165) is 16.2 Å². The second-order valence-corrected chi connectivity index (χ2v) is 7.73. The monoisotopic (exact) mass is 424 g/mol. The summed E-state index contributed by atoms with van der Waals surface area (Å²) in [5, 5.41) is 14.5. The SMILES string of the molecule is N#CC(=Cc1ccccc1F)c1nc(-c2cc3c(ccc4ccccc43)oc2=O)cs1. The van der Waals surface area contributed by atoms with E-state index in [-0.39, 0.29) is 5.57 Å². The molecule has 0 saturated heterocycles. The van der Waals surface area contributed by atoms with Crippen molar-refractivity contribution in [2.75, 3.05) is 0 Å². The standard InChI is InChI=1S/C25H13FN2O2S/c26-21-8-4-2-6-16(21)11-17(13-27)24-28-22(14-31-24)20-12-19-18-7-3-1-5-15(18)9-10-23(19)30-25(20)29/h1-12,14H. The van der Waals surface area contributed by atoms with Crippen LogP contribution >= 0.6 is 11.3 Å². The van der Waals surface area contributed by atoms with Gasteiger partial charge in [0.15, 0.2) is 0 Å². The average molecular weight is 424 g/mol. The van der Waals surface area contributed by atoms with E-state index < -0.39 is 11.4 Å². The highest BCUT2D eigenvalue weighted by molar-refractivity contribution is 7.11. The molecule has 2 heterocycles. The maximum Gasteiger partial charge on any atom is 0.345 e. The highest BCUT2D eigenvalue weighted by Crippen LogP contribution is 2.30. The van der Waals surface area contributed by atoms with Crippen LogP contribution in [0.15, 0.2) is 81.3 Å². The molecule has 5 rings (SSSR count). The first-order valence-corrected chi connectivity index (χ1v) is 10.3. The minimum absolute atomic E-state index is 0.219. The van der Waals surface area contributed by atoms with Crippen LogP contribution in [0.5, 0.6) is 0 Å². The number of halogens is 1. The van der Waals surface area contributed by atoms with Gasteiger partial charge >= 0.3 is 5.63 Å². The molecule has 6 heteroatoms. The lowest BCUT2D eigenvalue weighted by molar-refractivity contribution is 0.563. The van der Waals surface area contributed by atoms with Crippen LogP contribution in [0.25, 0.3) is 44.6 Å². The van der Waals surface area contributed by atoms with Crippen molar-refractivity contribution in [1.82, 2.24) is 4.98 Å². The molecule has 0 aliphatic carbocycles. The quantitative estimate of drug-likeness (QED) is 0.194. The Morgan fingerprint density at radius 3 is 2.71 bits per heavy atom. The molecule has 0 aliphatic rings. The molecule has 0 amide bonds. The number of thiazole rings is 1. The maximum atomic E-state index is 14.0. The molecule has 0 aliphatic heterocycles. The van der Waals surface area contributed by atoms with Gasteiger partial charge < -0.3 is 4.42 Å². The molecule has 0 radical (unpaired) electrons. The van der Waals surface area contributed by atoms with Crippen LogP contribution in [0.2, 0.25) is 0 Å². The summed E-state index contributed by atoms with van der Waals surface area (Å²) in [5.74, 6) is -0.422. The van der Waals surface area contributed by atoms with Crippen molar-refractivity contribution in [3.8, 4) is 17.3 Å². The Balaban J connectivity index is 1.63. The zero-order valence-electron chi connectivity index (χ0n) is 16.0. The van der Waals surface area contributed by atoms with Crippen molar-refractivity contribution in [3.63, 3.8) is 0 Å². The topological polar surface area (TPSA) is 66.9 Å². The summed E-state index contributed by atoms with van der Waals surface area (Å²) >= 11 is 1.21. The van der Waals surface area contributed by atoms with Gasteiger partial charge in [0.2, 0.25) is 0 Å². The fourth-order valence-corrected chi connectivity index (χ4v) is 4.25. The Labute approximate surface area is 180 Å². The molecule has 3 aromatic carbocycles. The third kappa shape index (κ3) is 3.41. The second-order valence-electron chi connectivity index (χ2n) is 6.88. The molecule has 148 valence electrons. The number of aromatic nitrogens is 1. The largest absolute Gasteiger partial charge is 0.422 e. The number of allylic oxidation sites excluding steroid dienone is 1. The van der Waals surface area contributed by atoms with Gasteiger partial charge in [0.05, 0.1) is 16.8 Å². The van der Waals surface area contributed by atoms with Crippen LogP contribution in [-0.4, -0.2) is 4.98 Å². The van der Waals surface area contributed by atoms with Crippen LogP contribution in [0.4, 0.5) is 4.39 Å². The van der Waals surface area contributed by atoms with Crippen molar-refractivity contribution >= 4 is 44.7 Å². The number of fused-ring (bicyclic) bond motifs is 3. The third-order valence-electron chi connectivity index (χ3n) is 4.98. The number of nitriles is 1. The number of hydrogen-bond donors (Lipinski definition) is 0. The zero-order valence-corrected chi connectivity index (χ0v) is 16.8. The maximum absolute atomic E-state index is 14.0. The smallest absolute Gasteiger partial charge is 0.345 e. The van der Waals surface area contributed by atoms with Crippen molar-refractivity contribution in [2.45, 2.75) is 0 Å². The molecule has 0 atom stereocenters. The lowest BCUT2D eigenvalue weighted by atomic mass is 10.0. The fraction of sp³-hybridized carbons (Fsp3) is 0. The Hall–Kier alpha value is -4.08. The molecule has 0 saturated carbocycles.